The molecule has 7 heteroatoms. The van der Waals surface area contributed by atoms with E-state index in [9.17, 15) is 4.79 Å². The highest BCUT2D eigenvalue weighted by molar-refractivity contribution is 5.68. The van der Waals surface area contributed by atoms with Crippen LogP contribution in [0, 0.1) is 0 Å². The minimum absolute atomic E-state index is 0.209. The summed E-state index contributed by atoms with van der Waals surface area (Å²) >= 11 is 0. The first kappa shape index (κ1) is 17.7. The molecule has 0 saturated carbocycles. The number of carbonyl (C=O) groups excluding carboxylic acids is 1. The molecule has 1 aliphatic heterocycles. The highest BCUT2D eigenvalue weighted by atomic mass is 16.6. The van der Waals surface area contributed by atoms with Gasteiger partial charge in [-0.1, -0.05) is 0 Å². The summed E-state index contributed by atoms with van der Waals surface area (Å²) in [7, 11) is 0. The zero-order valence-electron chi connectivity index (χ0n) is 14.2. The van der Waals surface area contributed by atoms with Gasteiger partial charge >= 0.3 is 6.09 Å². The molecule has 130 valence electrons. The van der Waals surface area contributed by atoms with Gasteiger partial charge in [-0.3, -0.25) is 0 Å². The molecule has 0 spiro atoms. The van der Waals surface area contributed by atoms with Gasteiger partial charge in [-0.15, -0.1) is 0 Å². The molecule has 2 rings (SSSR count). The molecule has 1 aliphatic rings. The number of nitrogens with zero attached hydrogens (tertiary/aromatic N) is 2. The van der Waals surface area contributed by atoms with Crippen LogP contribution in [0.5, 0.6) is 0 Å². The predicted octanol–water partition coefficient (Wildman–Crippen LogP) is 2.18. The number of rotatable bonds is 6. The van der Waals surface area contributed by atoms with Crippen molar-refractivity contribution in [2.24, 2.45) is 0 Å². The molecule has 7 nitrogen and oxygen atoms in total. The van der Waals surface area contributed by atoms with Crippen LogP contribution < -0.4 is 5.32 Å². The summed E-state index contributed by atoms with van der Waals surface area (Å²) in [6, 6.07) is 0. The third-order valence-electron chi connectivity index (χ3n) is 3.51. The standard InChI is InChI=1S/C16H27N3O4/c1-16(2,3)23-15(20)19-7-4-13(5-8-19)21-9-6-17-10-14-11-18-12-22-14/h11-13,17H,4-10H2,1-3H3. The molecule has 1 amide bonds. The first-order valence-electron chi connectivity index (χ1n) is 8.11. The zero-order chi connectivity index (χ0) is 16.7. The summed E-state index contributed by atoms with van der Waals surface area (Å²) in [6.45, 7) is 9.07. The second-order valence-corrected chi connectivity index (χ2v) is 6.68. The van der Waals surface area contributed by atoms with E-state index < -0.39 is 5.60 Å². The maximum absolute atomic E-state index is 12.0. The van der Waals surface area contributed by atoms with Crippen LogP contribution >= 0.6 is 0 Å². The molecule has 1 aromatic rings. The number of carbonyl (C=O) groups is 1. The molecule has 0 aromatic carbocycles. The first-order chi connectivity index (χ1) is 10.9. The number of hydrogen-bond donors (Lipinski definition) is 1. The van der Waals surface area contributed by atoms with Crippen molar-refractivity contribution in [3.63, 3.8) is 0 Å². The smallest absolute Gasteiger partial charge is 0.410 e. The summed E-state index contributed by atoms with van der Waals surface area (Å²) in [5.74, 6) is 0.815. The number of piperidine rings is 1. The average molecular weight is 325 g/mol. The minimum Gasteiger partial charge on any atom is -0.447 e. The van der Waals surface area contributed by atoms with Gasteiger partial charge in [0.2, 0.25) is 0 Å². The van der Waals surface area contributed by atoms with Gasteiger partial charge < -0.3 is 24.1 Å². The number of oxazole rings is 1. The van der Waals surface area contributed by atoms with E-state index >= 15 is 0 Å². The number of ether oxygens (including phenoxy) is 2. The molecule has 1 saturated heterocycles. The molecule has 0 bridgehead atoms. The molecule has 1 aromatic heterocycles. The highest BCUT2D eigenvalue weighted by Gasteiger charge is 2.26. The molecule has 0 atom stereocenters. The summed E-state index contributed by atoms with van der Waals surface area (Å²) in [5.41, 5.74) is -0.445. The first-order valence-corrected chi connectivity index (χ1v) is 8.11. The van der Waals surface area contributed by atoms with Crippen molar-refractivity contribution in [3.8, 4) is 0 Å². The van der Waals surface area contributed by atoms with Crippen molar-refractivity contribution < 1.29 is 18.7 Å². The minimum atomic E-state index is -0.445. The molecule has 23 heavy (non-hydrogen) atoms. The van der Waals surface area contributed by atoms with Crippen LogP contribution in [0.2, 0.25) is 0 Å². The Bertz CT molecular complexity index is 462. The van der Waals surface area contributed by atoms with Crippen molar-refractivity contribution in [1.29, 1.82) is 0 Å². The summed E-state index contributed by atoms with van der Waals surface area (Å²) in [6.07, 6.45) is 4.79. The Labute approximate surface area is 137 Å². The maximum Gasteiger partial charge on any atom is 0.410 e. The largest absolute Gasteiger partial charge is 0.447 e. The van der Waals surface area contributed by atoms with Crippen molar-refractivity contribution in [3.05, 3.63) is 18.4 Å². The van der Waals surface area contributed by atoms with Gasteiger partial charge in [0, 0.05) is 19.6 Å². The maximum atomic E-state index is 12.0. The van der Waals surface area contributed by atoms with Crippen molar-refractivity contribution in [2.75, 3.05) is 26.2 Å². The third-order valence-corrected chi connectivity index (χ3v) is 3.51. The van der Waals surface area contributed by atoms with E-state index in [2.05, 4.69) is 10.3 Å². The van der Waals surface area contributed by atoms with Gasteiger partial charge in [0.1, 0.15) is 11.4 Å². The zero-order valence-corrected chi connectivity index (χ0v) is 14.2. The summed E-state index contributed by atoms with van der Waals surface area (Å²) in [5, 5.41) is 3.24. The molecule has 0 aliphatic carbocycles. The highest BCUT2D eigenvalue weighted by Crippen LogP contribution is 2.17. The fourth-order valence-electron chi connectivity index (χ4n) is 2.37. The van der Waals surface area contributed by atoms with Crippen LogP contribution in [0.3, 0.4) is 0 Å². The van der Waals surface area contributed by atoms with Crippen molar-refractivity contribution in [2.45, 2.75) is 51.9 Å². The van der Waals surface area contributed by atoms with Crippen LogP contribution in [0.15, 0.2) is 17.0 Å². The fourth-order valence-corrected chi connectivity index (χ4v) is 2.37. The van der Waals surface area contributed by atoms with Crippen LogP contribution in [0.4, 0.5) is 4.79 Å². The van der Waals surface area contributed by atoms with Crippen LogP contribution in [0.1, 0.15) is 39.4 Å². The van der Waals surface area contributed by atoms with Crippen molar-refractivity contribution >= 4 is 6.09 Å². The lowest BCUT2D eigenvalue weighted by Gasteiger charge is -2.33. The van der Waals surface area contributed by atoms with Crippen LogP contribution in [-0.4, -0.2) is 53.9 Å². The Morgan fingerprint density at radius 2 is 2.17 bits per heavy atom. The summed E-state index contributed by atoms with van der Waals surface area (Å²) in [4.78, 5) is 17.6. The van der Waals surface area contributed by atoms with E-state index in [4.69, 9.17) is 13.9 Å². The topological polar surface area (TPSA) is 76.8 Å². The molecule has 1 N–H and O–H groups in total. The van der Waals surface area contributed by atoms with Gasteiger partial charge in [-0.05, 0) is 33.6 Å². The van der Waals surface area contributed by atoms with E-state index in [0.29, 0.717) is 26.2 Å². The van der Waals surface area contributed by atoms with Crippen LogP contribution in [-0.2, 0) is 16.0 Å². The van der Waals surface area contributed by atoms with Gasteiger partial charge in [0.15, 0.2) is 6.39 Å². The van der Waals surface area contributed by atoms with Gasteiger partial charge in [0.05, 0.1) is 25.5 Å². The fraction of sp³-hybridized carbons (Fsp3) is 0.750. The Morgan fingerprint density at radius 1 is 1.43 bits per heavy atom. The third kappa shape index (κ3) is 6.58. The normalized spacial score (nSPS) is 16.6. The number of hydrogen-bond acceptors (Lipinski definition) is 6. The van der Waals surface area contributed by atoms with Gasteiger partial charge in [-0.25, -0.2) is 9.78 Å². The lowest BCUT2D eigenvalue weighted by atomic mass is 10.1. The Hall–Kier alpha value is -1.60. The van der Waals surface area contributed by atoms with E-state index in [-0.39, 0.29) is 12.2 Å². The molecule has 0 radical (unpaired) electrons. The lowest BCUT2D eigenvalue weighted by molar-refractivity contribution is -0.0105. The van der Waals surface area contributed by atoms with Gasteiger partial charge in [0.25, 0.3) is 0 Å². The van der Waals surface area contributed by atoms with Gasteiger partial charge in [-0.2, -0.15) is 0 Å². The Morgan fingerprint density at radius 3 is 2.78 bits per heavy atom. The number of likely N-dealkylation sites (tertiary alicyclic amines) is 1. The predicted molar refractivity (Wildman–Crippen MR) is 85.0 cm³/mol. The second kappa shape index (κ2) is 8.31. The summed E-state index contributed by atoms with van der Waals surface area (Å²) < 4.78 is 16.4. The quantitative estimate of drug-likeness (QED) is 0.808. The molecule has 0 unspecified atom stereocenters. The Balaban J connectivity index is 1.55. The molecular formula is C16H27N3O4. The molecule has 2 heterocycles. The average Bonchev–Trinajstić information content (AvgIpc) is 2.99. The lowest BCUT2D eigenvalue weighted by Crippen LogP contribution is -2.43. The number of amides is 1. The molecular weight excluding hydrogens is 298 g/mol. The van der Waals surface area contributed by atoms with Crippen molar-refractivity contribution in [1.82, 2.24) is 15.2 Å². The monoisotopic (exact) mass is 325 g/mol. The number of nitrogens with one attached hydrogen (secondary N) is 1. The van der Waals surface area contributed by atoms with E-state index in [1.54, 1.807) is 11.1 Å². The SMILES string of the molecule is CC(C)(C)OC(=O)N1CCC(OCCNCc2cnco2)CC1. The molecule has 1 fully saturated rings. The number of aromatic nitrogens is 1. The van der Waals surface area contributed by atoms with E-state index in [0.717, 1.165) is 25.1 Å². The van der Waals surface area contributed by atoms with E-state index in [1.807, 2.05) is 20.8 Å². The van der Waals surface area contributed by atoms with Crippen LogP contribution in [0.25, 0.3) is 0 Å². The second-order valence-electron chi connectivity index (χ2n) is 6.68. The van der Waals surface area contributed by atoms with E-state index in [1.165, 1.54) is 6.39 Å². The Kier molecular flexibility index (Phi) is 6.41.